The second-order valence-electron chi connectivity index (χ2n) is 6.85. The van der Waals surface area contributed by atoms with Gasteiger partial charge in [0.2, 0.25) is 0 Å². The second kappa shape index (κ2) is 12.1. The minimum Gasteiger partial charge on any atom is -0.491 e. The van der Waals surface area contributed by atoms with Gasteiger partial charge in [-0.2, -0.15) is 0 Å². The van der Waals surface area contributed by atoms with Crippen LogP contribution < -0.4 is 4.74 Å². The number of epoxide rings is 1. The third-order valence-corrected chi connectivity index (χ3v) is 4.56. The molecule has 2 heteroatoms. The lowest BCUT2D eigenvalue weighted by Gasteiger charge is -2.07. The van der Waals surface area contributed by atoms with Crippen molar-refractivity contribution >= 4 is 0 Å². The Morgan fingerprint density at radius 1 is 1.04 bits per heavy atom. The Kier molecular flexibility index (Phi) is 9.63. The predicted octanol–water partition coefficient (Wildman–Crippen LogP) is 6.09. The van der Waals surface area contributed by atoms with Crippen LogP contribution in [0.5, 0.6) is 5.75 Å². The van der Waals surface area contributed by atoms with Crippen LogP contribution in [0.25, 0.3) is 0 Å². The minimum absolute atomic E-state index is 0.330. The van der Waals surface area contributed by atoms with Crippen molar-refractivity contribution in [2.75, 3.05) is 13.2 Å². The zero-order valence-electron chi connectivity index (χ0n) is 15.3. The summed E-state index contributed by atoms with van der Waals surface area (Å²) in [7, 11) is 0. The van der Waals surface area contributed by atoms with Gasteiger partial charge in [-0.25, -0.2) is 0 Å². The highest BCUT2D eigenvalue weighted by molar-refractivity contribution is 5.28. The molecule has 1 atom stereocenters. The molecule has 24 heavy (non-hydrogen) atoms. The molecule has 2 nitrogen and oxygen atoms in total. The Bertz CT molecular complexity index is 463. The van der Waals surface area contributed by atoms with Crippen LogP contribution in [0, 0.1) is 0 Å². The zero-order valence-corrected chi connectivity index (χ0v) is 15.3. The third kappa shape index (κ3) is 9.12. The highest BCUT2D eigenvalue weighted by Gasteiger charge is 2.22. The molecule has 0 amide bonds. The molecule has 0 aliphatic carbocycles. The fourth-order valence-corrected chi connectivity index (χ4v) is 2.96. The molecular formula is C22H34O2. The molecule has 0 aromatic heterocycles. The molecule has 1 heterocycles. The van der Waals surface area contributed by atoms with Crippen LogP contribution in [0.4, 0.5) is 0 Å². The summed E-state index contributed by atoms with van der Waals surface area (Å²) < 4.78 is 10.9. The van der Waals surface area contributed by atoms with Gasteiger partial charge in [0.1, 0.15) is 18.5 Å². The molecule has 0 bridgehead atoms. The van der Waals surface area contributed by atoms with Crippen LogP contribution in [0.1, 0.15) is 70.3 Å². The summed E-state index contributed by atoms with van der Waals surface area (Å²) in [5.41, 5.74) is 1.40. The molecule has 0 saturated carbocycles. The van der Waals surface area contributed by atoms with E-state index in [4.69, 9.17) is 9.47 Å². The lowest BCUT2D eigenvalue weighted by Crippen LogP contribution is -2.04. The zero-order chi connectivity index (χ0) is 16.9. The first kappa shape index (κ1) is 19.1. The predicted molar refractivity (Wildman–Crippen MR) is 102 cm³/mol. The Morgan fingerprint density at radius 2 is 1.75 bits per heavy atom. The SMILES string of the molecule is C/C=C/CCCCCCCCCCc1cccc(OCC2CO2)c1. The van der Waals surface area contributed by atoms with Crippen molar-refractivity contribution < 1.29 is 9.47 Å². The number of aryl methyl sites for hydroxylation is 1. The number of ether oxygens (including phenoxy) is 2. The lowest BCUT2D eigenvalue weighted by molar-refractivity contribution is 0.263. The molecule has 1 unspecified atom stereocenters. The van der Waals surface area contributed by atoms with Crippen molar-refractivity contribution in [1.29, 1.82) is 0 Å². The maximum Gasteiger partial charge on any atom is 0.119 e. The Morgan fingerprint density at radius 3 is 2.46 bits per heavy atom. The Labute approximate surface area is 148 Å². The van der Waals surface area contributed by atoms with Crippen LogP contribution in [-0.4, -0.2) is 19.3 Å². The first-order chi connectivity index (χ1) is 11.9. The van der Waals surface area contributed by atoms with Crippen LogP contribution in [0.15, 0.2) is 36.4 Å². The summed E-state index contributed by atoms with van der Waals surface area (Å²) in [5, 5.41) is 0. The van der Waals surface area contributed by atoms with Crippen LogP contribution in [0.3, 0.4) is 0 Å². The van der Waals surface area contributed by atoms with Crippen molar-refractivity contribution in [3.8, 4) is 5.75 Å². The van der Waals surface area contributed by atoms with Crippen LogP contribution in [-0.2, 0) is 11.2 Å². The van der Waals surface area contributed by atoms with Gasteiger partial charge in [-0.1, -0.05) is 62.8 Å². The van der Waals surface area contributed by atoms with Crippen molar-refractivity contribution in [2.24, 2.45) is 0 Å². The fourth-order valence-electron chi connectivity index (χ4n) is 2.96. The number of allylic oxidation sites excluding steroid dienone is 2. The first-order valence-corrected chi connectivity index (χ1v) is 9.83. The highest BCUT2D eigenvalue weighted by atomic mass is 16.6. The molecule has 1 aliphatic heterocycles. The molecule has 1 aromatic carbocycles. The van der Waals surface area contributed by atoms with E-state index in [1.165, 1.54) is 69.8 Å². The van der Waals surface area contributed by atoms with Gasteiger partial charge in [0, 0.05) is 0 Å². The monoisotopic (exact) mass is 330 g/mol. The lowest BCUT2D eigenvalue weighted by atomic mass is 10.0. The van der Waals surface area contributed by atoms with Crippen molar-refractivity contribution in [1.82, 2.24) is 0 Å². The van der Waals surface area contributed by atoms with E-state index in [-0.39, 0.29) is 0 Å². The van der Waals surface area contributed by atoms with Gasteiger partial charge >= 0.3 is 0 Å². The van der Waals surface area contributed by atoms with Crippen LogP contribution in [0.2, 0.25) is 0 Å². The highest BCUT2D eigenvalue weighted by Crippen LogP contribution is 2.18. The quantitative estimate of drug-likeness (QED) is 0.234. The Hall–Kier alpha value is -1.28. The molecule has 2 rings (SSSR count). The molecule has 1 fully saturated rings. The summed E-state index contributed by atoms with van der Waals surface area (Å²) in [5.74, 6) is 0.987. The van der Waals surface area contributed by atoms with E-state index in [0.29, 0.717) is 12.7 Å². The normalized spacial score (nSPS) is 16.6. The van der Waals surface area contributed by atoms with Gasteiger partial charge in [-0.3, -0.25) is 0 Å². The molecule has 1 aliphatic rings. The van der Waals surface area contributed by atoms with Gasteiger partial charge in [-0.05, 0) is 50.3 Å². The van der Waals surface area contributed by atoms with Gasteiger partial charge in [0.05, 0.1) is 6.61 Å². The number of unbranched alkanes of at least 4 members (excludes halogenated alkanes) is 8. The molecular weight excluding hydrogens is 296 g/mol. The summed E-state index contributed by atoms with van der Waals surface area (Å²) in [6.07, 6.45) is 18.2. The van der Waals surface area contributed by atoms with E-state index in [9.17, 15) is 0 Å². The van der Waals surface area contributed by atoms with E-state index >= 15 is 0 Å². The van der Waals surface area contributed by atoms with Crippen molar-refractivity contribution in [3.63, 3.8) is 0 Å². The number of benzene rings is 1. The molecule has 1 saturated heterocycles. The van der Waals surface area contributed by atoms with Gasteiger partial charge in [-0.15, -0.1) is 0 Å². The maximum absolute atomic E-state index is 5.75. The topological polar surface area (TPSA) is 21.8 Å². The summed E-state index contributed by atoms with van der Waals surface area (Å²) >= 11 is 0. The average molecular weight is 331 g/mol. The smallest absolute Gasteiger partial charge is 0.119 e. The number of rotatable bonds is 14. The standard InChI is InChI=1S/C22H34O2/c1-2-3-4-5-6-7-8-9-10-11-12-14-20-15-13-16-21(17-20)23-18-22-19-24-22/h2-3,13,15-17,22H,4-12,14,18-19H2,1H3/b3-2+. The third-order valence-electron chi connectivity index (χ3n) is 4.56. The largest absolute Gasteiger partial charge is 0.491 e. The second-order valence-corrected chi connectivity index (χ2v) is 6.85. The first-order valence-electron chi connectivity index (χ1n) is 9.83. The van der Waals surface area contributed by atoms with E-state index in [2.05, 4.69) is 37.3 Å². The van der Waals surface area contributed by atoms with E-state index in [1.54, 1.807) is 0 Å². The molecule has 134 valence electrons. The minimum atomic E-state index is 0.330. The van der Waals surface area contributed by atoms with E-state index in [0.717, 1.165) is 12.4 Å². The average Bonchev–Trinajstić information content (AvgIpc) is 3.43. The molecule has 1 aromatic rings. The maximum atomic E-state index is 5.75. The summed E-state index contributed by atoms with van der Waals surface area (Å²) in [6, 6.07) is 8.55. The van der Waals surface area contributed by atoms with Crippen molar-refractivity contribution in [3.05, 3.63) is 42.0 Å². The van der Waals surface area contributed by atoms with Gasteiger partial charge in [0.15, 0.2) is 0 Å². The van der Waals surface area contributed by atoms with Gasteiger partial charge < -0.3 is 9.47 Å². The van der Waals surface area contributed by atoms with E-state index in [1.807, 2.05) is 6.07 Å². The molecule has 0 radical (unpaired) electrons. The van der Waals surface area contributed by atoms with Crippen LogP contribution >= 0.6 is 0 Å². The molecule has 0 spiro atoms. The summed E-state index contributed by atoms with van der Waals surface area (Å²) in [6.45, 7) is 3.65. The molecule has 0 N–H and O–H groups in total. The number of hydrogen-bond donors (Lipinski definition) is 0. The Balaban J connectivity index is 1.44. The number of hydrogen-bond acceptors (Lipinski definition) is 2. The fraction of sp³-hybridized carbons (Fsp3) is 0.636. The summed E-state index contributed by atoms with van der Waals surface area (Å²) in [4.78, 5) is 0. The van der Waals surface area contributed by atoms with E-state index < -0.39 is 0 Å². The van der Waals surface area contributed by atoms with Gasteiger partial charge in [0.25, 0.3) is 0 Å². The van der Waals surface area contributed by atoms with Crippen molar-refractivity contribution in [2.45, 2.75) is 77.2 Å².